The fraction of sp³-hybridized carbons (Fsp3) is 0.750. The van der Waals surface area contributed by atoms with Crippen molar-refractivity contribution in [2.24, 2.45) is 0 Å². The summed E-state index contributed by atoms with van der Waals surface area (Å²) in [5, 5.41) is 0. The highest BCUT2D eigenvalue weighted by Crippen LogP contribution is 2.23. The summed E-state index contributed by atoms with van der Waals surface area (Å²) in [6, 6.07) is 0. The minimum Gasteiger partial charge on any atom is -0.493 e. The average Bonchev–Trinajstić information content (AvgIpc) is 2.53. The zero-order valence-corrected chi connectivity index (χ0v) is 6.93. The van der Waals surface area contributed by atoms with Gasteiger partial charge in [0.15, 0.2) is 0 Å². The number of hydrogen-bond acceptors (Lipinski definition) is 4. The molecular formula is C8H12O4. The lowest BCUT2D eigenvalue weighted by molar-refractivity contribution is -0.0543. The fourth-order valence-corrected chi connectivity index (χ4v) is 1.47. The molecule has 68 valence electrons. The summed E-state index contributed by atoms with van der Waals surface area (Å²) in [6.07, 6.45) is 3.52. The molecule has 2 aliphatic rings. The molecular weight excluding hydrogens is 160 g/mol. The number of ether oxygens (including phenoxy) is 4. The van der Waals surface area contributed by atoms with E-state index in [1.807, 2.05) is 6.08 Å². The Balaban J connectivity index is 2.01. The molecule has 2 heterocycles. The molecule has 0 N–H and O–H groups in total. The summed E-state index contributed by atoms with van der Waals surface area (Å²) in [6.45, 7) is 0.887. The maximum Gasteiger partial charge on any atom is 0.150 e. The third-order valence-corrected chi connectivity index (χ3v) is 2.06. The molecule has 1 fully saturated rings. The Bertz CT molecular complexity index is 180. The van der Waals surface area contributed by atoms with E-state index in [4.69, 9.17) is 18.9 Å². The topological polar surface area (TPSA) is 36.9 Å². The van der Waals surface area contributed by atoms with Crippen molar-refractivity contribution >= 4 is 0 Å². The summed E-state index contributed by atoms with van der Waals surface area (Å²) >= 11 is 0. The first kappa shape index (κ1) is 8.04. The van der Waals surface area contributed by atoms with Crippen LogP contribution in [-0.2, 0) is 18.9 Å². The summed E-state index contributed by atoms with van der Waals surface area (Å²) in [5.74, 6) is 0. The number of methoxy groups -OCH3 is 1. The molecule has 0 aromatic carbocycles. The third kappa shape index (κ3) is 1.33. The van der Waals surface area contributed by atoms with Gasteiger partial charge in [-0.15, -0.1) is 0 Å². The first-order valence-corrected chi connectivity index (χ1v) is 3.96. The number of rotatable bonds is 2. The minimum absolute atomic E-state index is 0.00468. The first-order valence-electron chi connectivity index (χ1n) is 3.96. The van der Waals surface area contributed by atoms with Crippen LogP contribution in [0.4, 0.5) is 0 Å². The number of fused-ring (bicyclic) bond motifs is 1. The lowest BCUT2D eigenvalue weighted by atomic mass is 10.1. The van der Waals surface area contributed by atoms with Gasteiger partial charge < -0.3 is 18.9 Å². The van der Waals surface area contributed by atoms with E-state index in [2.05, 4.69) is 0 Å². The van der Waals surface area contributed by atoms with Crippen molar-refractivity contribution in [3.05, 3.63) is 12.3 Å². The molecule has 0 bridgehead atoms. The van der Waals surface area contributed by atoms with Crippen LogP contribution in [0.15, 0.2) is 12.3 Å². The second-order valence-corrected chi connectivity index (χ2v) is 2.84. The first-order chi connectivity index (χ1) is 5.92. The van der Waals surface area contributed by atoms with Gasteiger partial charge >= 0.3 is 0 Å². The van der Waals surface area contributed by atoms with Crippen molar-refractivity contribution < 1.29 is 18.9 Å². The van der Waals surface area contributed by atoms with Gasteiger partial charge in [-0.05, 0) is 6.08 Å². The predicted octanol–water partition coefficient (Wildman–Crippen LogP) is 0.287. The molecule has 4 heteroatoms. The molecule has 2 rings (SSSR count). The van der Waals surface area contributed by atoms with Crippen molar-refractivity contribution in [1.29, 1.82) is 0 Å². The van der Waals surface area contributed by atoms with Crippen molar-refractivity contribution in [3.63, 3.8) is 0 Å². The molecule has 3 atom stereocenters. The van der Waals surface area contributed by atoms with Gasteiger partial charge in [-0.1, -0.05) is 0 Å². The van der Waals surface area contributed by atoms with Gasteiger partial charge in [0.1, 0.15) is 25.1 Å². The Labute approximate surface area is 71.0 Å². The van der Waals surface area contributed by atoms with Crippen LogP contribution >= 0.6 is 0 Å². The van der Waals surface area contributed by atoms with Gasteiger partial charge in [-0.2, -0.15) is 0 Å². The third-order valence-electron chi connectivity index (χ3n) is 2.06. The monoisotopic (exact) mass is 172 g/mol. The maximum absolute atomic E-state index is 5.34. The molecule has 12 heavy (non-hydrogen) atoms. The van der Waals surface area contributed by atoms with Gasteiger partial charge in [0, 0.05) is 7.11 Å². The molecule has 3 unspecified atom stereocenters. The molecule has 0 spiro atoms. The van der Waals surface area contributed by atoms with Crippen LogP contribution in [0.5, 0.6) is 0 Å². The van der Waals surface area contributed by atoms with Crippen LogP contribution in [0, 0.1) is 0 Å². The number of hydrogen-bond donors (Lipinski definition) is 0. The van der Waals surface area contributed by atoms with Crippen LogP contribution in [0.2, 0.25) is 0 Å². The second kappa shape index (κ2) is 3.43. The molecule has 0 aliphatic carbocycles. The molecule has 1 saturated heterocycles. The Kier molecular flexibility index (Phi) is 2.30. The molecule has 0 amide bonds. The standard InChI is InChI=1S/C8H12O4/c1-9-4-7-8-6(2-3-10-7)11-5-12-8/h2-3,6-8H,4-5H2,1H3. The quantitative estimate of drug-likeness (QED) is 0.599. The average molecular weight is 172 g/mol. The van der Waals surface area contributed by atoms with Gasteiger partial charge in [-0.25, -0.2) is 0 Å². The van der Waals surface area contributed by atoms with E-state index in [0.717, 1.165) is 0 Å². The highest BCUT2D eigenvalue weighted by Gasteiger charge is 2.37. The lowest BCUT2D eigenvalue weighted by Crippen LogP contribution is -2.40. The highest BCUT2D eigenvalue weighted by atomic mass is 16.7. The van der Waals surface area contributed by atoms with Gasteiger partial charge in [-0.3, -0.25) is 0 Å². The van der Waals surface area contributed by atoms with Crippen molar-refractivity contribution in [2.45, 2.75) is 18.3 Å². The van der Waals surface area contributed by atoms with Crippen molar-refractivity contribution in [1.82, 2.24) is 0 Å². The summed E-state index contributed by atoms with van der Waals surface area (Å²) in [5.41, 5.74) is 0. The summed E-state index contributed by atoms with van der Waals surface area (Å²) in [7, 11) is 1.65. The van der Waals surface area contributed by atoms with Crippen LogP contribution in [0.1, 0.15) is 0 Å². The normalized spacial score (nSPS) is 39.2. The van der Waals surface area contributed by atoms with E-state index in [9.17, 15) is 0 Å². The minimum atomic E-state index is -0.0347. The van der Waals surface area contributed by atoms with E-state index in [-0.39, 0.29) is 18.3 Å². The largest absolute Gasteiger partial charge is 0.493 e. The molecule has 0 aromatic heterocycles. The Hall–Kier alpha value is -0.580. The SMILES string of the molecule is COCC1OC=CC2OCOC21. The fourth-order valence-electron chi connectivity index (χ4n) is 1.47. The van der Waals surface area contributed by atoms with Crippen molar-refractivity contribution in [3.8, 4) is 0 Å². The lowest BCUT2D eigenvalue weighted by Gasteiger charge is -2.27. The summed E-state index contributed by atoms with van der Waals surface area (Å²) in [4.78, 5) is 0. The van der Waals surface area contributed by atoms with Crippen LogP contribution in [0.3, 0.4) is 0 Å². The maximum atomic E-state index is 5.34. The van der Waals surface area contributed by atoms with E-state index >= 15 is 0 Å². The highest BCUT2D eigenvalue weighted by molar-refractivity contribution is 5.00. The molecule has 4 nitrogen and oxygen atoms in total. The van der Waals surface area contributed by atoms with Gasteiger partial charge in [0.2, 0.25) is 0 Å². The van der Waals surface area contributed by atoms with Gasteiger partial charge in [0.05, 0.1) is 12.9 Å². The van der Waals surface area contributed by atoms with Crippen LogP contribution < -0.4 is 0 Å². The zero-order chi connectivity index (χ0) is 8.39. The smallest absolute Gasteiger partial charge is 0.150 e. The molecule has 2 aliphatic heterocycles. The van der Waals surface area contributed by atoms with E-state index in [1.54, 1.807) is 13.4 Å². The van der Waals surface area contributed by atoms with E-state index in [0.29, 0.717) is 13.4 Å². The van der Waals surface area contributed by atoms with Crippen LogP contribution in [0.25, 0.3) is 0 Å². The Morgan fingerprint density at radius 2 is 2.42 bits per heavy atom. The molecule has 0 aromatic rings. The van der Waals surface area contributed by atoms with E-state index < -0.39 is 0 Å². The zero-order valence-electron chi connectivity index (χ0n) is 6.93. The molecule has 0 saturated carbocycles. The summed E-state index contributed by atoms with van der Waals surface area (Å²) < 4.78 is 20.9. The van der Waals surface area contributed by atoms with Gasteiger partial charge in [0.25, 0.3) is 0 Å². The predicted molar refractivity (Wildman–Crippen MR) is 40.5 cm³/mol. The van der Waals surface area contributed by atoms with E-state index in [1.165, 1.54) is 0 Å². The Morgan fingerprint density at radius 1 is 1.50 bits per heavy atom. The Morgan fingerprint density at radius 3 is 3.25 bits per heavy atom. The molecule has 0 radical (unpaired) electrons. The van der Waals surface area contributed by atoms with Crippen LogP contribution in [-0.4, -0.2) is 38.8 Å². The second-order valence-electron chi connectivity index (χ2n) is 2.84. The van der Waals surface area contributed by atoms with Crippen molar-refractivity contribution in [2.75, 3.05) is 20.5 Å².